The molecule has 1 N–H and O–H groups in total. The molecule has 104 valence electrons. The fraction of sp³-hybridized carbons (Fsp3) is 0.583. The van der Waals surface area contributed by atoms with Gasteiger partial charge in [-0.2, -0.15) is 4.98 Å². The minimum atomic E-state index is -1.11. The van der Waals surface area contributed by atoms with Gasteiger partial charge in [0, 0.05) is 6.07 Å². The van der Waals surface area contributed by atoms with E-state index in [0.717, 1.165) is 0 Å². The first-order valence-corrected chi connectivity index (χ1v) is 6.26. The van der Waals surface area contributed by atoms with E-state index >= 15 is 0 Å². The first-order valence-electron chi connectivity index (χ1n) is 5.88. The number of nitrogens with zero attached hydrogens (tertiary/aromatic N) is 3. The average Bonchev–Trinajstić information content (AvgIpc) is 2.51. The summed E-state index contributed by atoms with van der Waals surface area (Å²) in [6, 6.07) is 1.41. The van der Waals surface area contributed by atoms with Crippen molar-refractivity contribution in [3.05, 3.63) is 21.7 Å². The minimum Gasteiger partial charge on any atom is -0.465 e. The smallest absolute Gasteiger partial charge is 0.413 e. The molecule has 1 atom stereocenters. The van der Waals surface area contributed by atoms with Gasteiger partial charge in [-0.1, -0.05) is 32.4 Å². The standard InChI is InChI=1S/C12H16ClN3O3/c1-11(2,3)12(4)6-15-8(16(12)10(18)19)5-7(13)14-9(15)17/h5H,6H2,1-4H3,(H,18,19)/t12-/m0/s1. The van der Waals surface area contributed by atoms with Crippen LogP contribution in [0.2, 0.25) is 5.15 Å². The Labute approximate surface area is 115 Å². The molecule has 0 bridgehead atoms. The number of anilines is 1. The molecule has 1 aliphatic heterocycles. The van der Waals surface area contributed by atoms with Crippen LogP contribution in [0.15, 0.2) is 10.9 Å². The SMILES string of the molecule is CC(C)(C)[C@]1(C)Cn2c(cc(Cl)nc2=O)N1C(=O)O. The van der Waals surface area contributed by atoms with Crippen molar-refractivity contribution in [2.45, 2.75) is 39.8 Å². The largest absolute Gasteiger partial charge is 0.465 e. The number of aromatic nitrogens is 2. The Balaban J connectivity index is 2.72. The van der Waals surface area contributed by atoms with Gasteiger partial charge >= 0.3 is 11.8 Å². The van der Waals surface area contributed by atoms with Crippen molar-refractivity contribution in [3.8, 4) is 0 Å². The summed E-state index contributed by atoms with van der Waals surface area (Å²) in [5.41, 5.74) is -1.62. The number of fused-ring (bicyclic) bond motifs is 1. The molecule has 1 aromatic rings. The van der Waals surface area contributed by atoms with Gasteiger partial charge in [0.1, 0.15) is 11.0 Å². The number of carboxylic acid groups (broad SMARTS) is 1. The third-order valence-electron chi connectivity index (χ3n) is 3.95. The van der Waals surface area contributed by atoms with E-state index in [1.807, 2.05) is 27.7 Å². The summed E-state index contributed by atoms with van der Waals surface area (Å²) in [4.78, 5) is 28.3. The maximum Gasteiger partial charge on any atom is 0.413 e. The van der Waals surface area contributed by atoms with Gasteiger partial charge in [-0.3, -0.25) is 9.47 Å². The van der Waals surface area contributed by atoms with Crippen LogP contribution in [0.3, 0.4) is 0 Å². The molecule has 2 rings (SSSR count). The molecule has 19 heavy (non-hydrogen) atoms. The maximum atomic E-state index is 11.9. The van der Waals surface area contributed by atoms with E-state index in [1.165, 1.54) is 15.5 Å². The van der Waals surface area contributed by atoms with Crippen molar-refractivity contribution in [2.75, 3.05) is 4.90 Å². The summed E-state index contributed by atoms with van der Waals surface area (Å²) in [6.45, 7) is 7.90. The lowest BCUT2D eigenvalue weighted by molar-refractivity contribution is 0.158. The lowest BCUT2D eigenvalue weighted by Crippen LogP contribution is -2.55. The predicted octanol–water partition coefficient (Wildman–Crippen LogP) is 2.20. The monoisotopic (exact) mass is 285 g/mol. The second-order valence-electron chi connectivity index (χ2n) is 5.95. The topological polar surface area (TPSA) is 75.4 Å². The molecule has 0 saturated heterocycles. The molecule has 0 aliphatic carbocycles. The van der Waals surface area contributed by atoms with E-state index in [-0.39, 0.29) is 22.9 Å². The molecular weight excluding hydrogens is 270 g/mol. The molecule has 1 amide bonds. The zero-order chi connectivity index (χ0) is 14.6. The van der Waals surface area contributed by atoms with Crippen molar-refractivity contribution in [3.63, 3.8) is 0 Å². The third kappa shape index (κ3) is 1.90. The van der Waals surface area contributed by atoms with Crippen LogP contribution in [0.1, 0.15) is 27.7 Å². The van der Waals surface area contributed by atoms with E-state index in [2.05, 4.69) is 4.98 Å². The first-order chi connectivity index (χ1) is 8.58. The fourth-order valence-electron chi connectivity index (χ4n) is 2.31. The second-order valence-corrected chi connectivity index (χ2v) is 6.33. The lowest BCUT2D eigenvalue weighted by Gasteiger charge is -2.43. The predicted molar refractivity (Wildman–Crippen MR) is 71.9 cm³/mol. The van der Waals surface area contributed by atoms with Crippen LogP contribution in [-0.2, 0) is 6.54 Å². The molecule has 7 heteroatoms. The van der Waals surface area contributed by atoms with E-state index in [9.17, 15) is 14.7 Å². The van der Waals surface area contributed by atoms with Crippen LogP contribution in [0, 0.1) is 5.41 Å². The van der Waals surface area contributed by atoms with E-state index in [4.69, 9.17) is 11.6 Å². The van der Waals surface area contributed by atoms with Gasteiger partial charge in [0.05, 0.1) is 12.1 Å². The highest BCUT2D eigenvalue weighted by Gasteiger charge is 2.51. The van der Waals surface area contributed by atoms with Crippen molar-refractivity contribution in [1.82, 2.24) is 9.55 Å². The number of hydrogen-bond donors (Lipinski definition) is 1. The van der Waals surface area contributed by atoms with Crippen molar-refractivity contribution >= 4 is 23.5 Å². The zero-order valence-electron chi connectivity index (χ0n) is 11.3. The Kier molecular flexibility index (Phi) is 2.89. The van der Waals surface area contributed by atoms with Crippen LogP contribution < -0.4 is 10.6 Å². The van der Waals surface area contributed by atoms with E-state index in [1.54, 1.807) is 0 Å². The van der Waals surface area contributed by atoms with Gasteiger partial charge in [-0.25, -0.2) is 9.59 Å². The number of hydrogen-bond acceptors (Lipinski definition) is 3. The van der Waals surface area contributed by atoms with Crippen LogP contribution in [-0.4, -0.2) is 26.3 Å². The average molecular weight is 286 g/mol. The molecule has 1 aromatic heterocycles. The van der Waals surface area contributed by atoms with Crippen LogP contribution >= 0.6 is 11.6 Å². The molecule has 0 radical (unpaired) electrons. The summed E-state index contributed by atoms with van der Waals surface area (Å²) in [6.07, 6.45) is -1.11. The van der Waals surface area contributed by atoms with Crippen LogP contribution in [0.5, 0.6) is 0 Å². The molecule has 0 saturated carbocycles. The molecule has 1 aliphatic rings. The highest BCUT2D eigenvalue weighted by atomic mass is 35.5. The summed E-state index contributed by atoms with van der Waals surface area (Å²) in [7, 11) is 0. The van der Waals surface area contributed by atoms with Crippen molar-refractivity contribution < 1.29 is 9.90 Å². The third-order valence-corrected chi connectivity index (χ3v) is 4.15. The molecule has 2 heterocycles. The second kappa shape index (κ2) is 3.96. The minimum absolute atomic E-state index is 0.000610. The van der Waals surface area contributed by atoms with Crippen LogP contribution in [0.4, 0.5) is 10.6 Å². The first kappa shape index (κ1) is 13.9. The van der Waals surface area contributed by atoms with E-state index < -0.39 is 17.3 Å². The van der Waals surface area contributed by atoms with E-state index in [0.29, 0.717) is 0 Å². The summed E-state index contributed by atoms with van der Waals surface area (Å²) in [5, 5.41) is 9.49. The quantitative estimate of drug-likeness (QED) is 0.742. The number of halogens is 1. The molecule has 0 unspecified atom stereocenters. The van der Waals surface area contributed by atoms with Gasteiger partial charge in [0.25, 0.3) is 0 Å². The highest BCUT2D eigenvalue weighted by molar-refractivity contribution is 6.29. The Hall–Kier alpha value is -1.56. The maximum absolute atomic E-state index is 11.9. The summed E-state index contributed by atoms with van der Waals surface area (Å²) >= 11 is 5.76. The van der Waals surface area contributed by atoms with Gasteiger partial charge < -0.3 is 5.11 Å². The van der Waals surface area contributed by atoms with Gasteiger partial charge in [0.15, 0.2) is 0 Å². The number of amides is 1. The van der Waals surface area contributed by atoms with Gasteiger partial charge in [0.2, 0.25) is 0 Å². The van der Waals surface area contributed by atoms with Crippen LogP contribution in [0.25, 0.3) is 0 Å². The van der Waals surface area contributed by atoms with Gasteiger partial charge in [-0.05, 0) is 12.3 Å². The Morgan fingerprint density at radius 1 is 1.53 bits per heavy atom. The Morgan fingerprint density at radius 3 is 2.58 bits per heavy atom. The molecular formula is C12H16ClN3O3. The molecule has 0 spiro atoms. The lowest BCUT2D eigenvalue weighted by atomic mass is 9.74. The normalized spacial score (nSPS) is 22.5. The molecule has 0 aromatic carbocycles. The number of rotatable bonds is 0. The van der Waals surface area contributed by atoms with Crippen molar-refractivity contribution in [1.29, 1.82) is 0 Å². The highest BCUT2D eigenvalue weighted by Crippen LogP contribution is 2.44. The molecule has 0 fully saturated rings. The zero-order valence-corrected chi connectivity index (χ0v) is 12.0. The fourth-order valence-corrected chi connectivity index (χ4v) is 2.48. The van der Waals surface area contributed by atoms with Crippen molar-refractivity contribution in [2.24, 2.45) is 5.41 Å². The summed E-state index contributed by atoms with van der Waals surface area (Å²) in [5.74, 6) is 0.273. The Morgan fingerprint density at radius 2 is 2.11 bits per heavy atom. The Bertz CT molecular complexity index is 605. The molecule has 6 nitrogen and oxygen atoms in total. The summed E-state index contributed by atoms with van der Waals surface area (Å²) < 4.78 is 1.35. The number of carbonyl (C=O) groups is 1. The van der Waals surface area contributed by atoms with Gasteiger partial charge in [-0.15, -0.1) is 0 Å².